The van der Waals surface area contributed by atoms with Crippen LogP contribution in [0, 0.1) is 13.8 Å². The molecule has 0 radical (unpaired) electrons. The van der Waals surface area contributed by atoms with E-state index < -0.39 is 21.4 Å². The number of hydrogen-bond donors (Lipinski definition) is 0. The standard InChI is InChI=1S/C29H24O4S/c1-19-16-20(2)18-23(17-19)28(30)29(31)26-11-7-10-25(27(26)22-8-5-4-6-9-22)21-12-14-24(15-13-21)34(3,32)33/h4-18H,1-3H3. The van der Waals surface area contributed by atoms with Crippen molar-refractivity contribution in [3.05, 3.63) is 113 Å². The van der Waals surface area contributed by atoms with Crippen LogP contribution in [0.4, 0.5) is 0 Å². The summed E-state index contributed by atoms with van der Waals surface area (Å²) in [4.78, 5) is 26.9. The van der Waals surface area contributed by atoms with Gasteiger partial charge < -0.3 is 0 Å². The molecule has 4 aromatic rings. The molecule has 0 N–H and O–H groups in total. The summed E-state index contributed by atoms with van der Waals surface area (Å²) in [5.74, 6) is -1.15. The Morgan fingerprint density at radius 3 is 1.85 bits per heavy atom. The molecule has 0 spiro atoms. The zero-order valence-corrected chi connectivity index (χ0v) is 20.0. The van der Waals surface area contributed by atoms with Gasteiger partial charge >= 0.3 is 0 Å². The van der Waals surface area contributed by atoms with Crippen LogP contribution in [0.3, 0.4) is 0 Å². The molecule has 0 aliphatic rings. The van der Waals surface area contributed by atoms with Gasteiger partial charge in [-0.2, -0.15) is 0 Å². The predicted octanol–water partition coefficient (Wildman–Crippen LogP) is 6.11. The number of hydrogen-bond acceptors (Lipinski definition) is 4. The number of Topliss-reactive ketones (excluding diaryl/α,β-unsaturated/α-hetero) is 2. The number of carbonyl (C=O) groups is 2. The van der Waals surface area contributed by atoms with Crippen molar-refractivity contribution < 1.29 is 18.0 Å². The first kappa shape index (κ1) is 23.3. The van der Waals surface area contributed by atoms with Gasteiger partial charge in [-0.25, -0.2) is 8.42 Å². The molecule has 0 aliphatic carbocycles. The van der Waals surface area contributed by atoms with E-state index in [1.807, 2.05) is 56.3 Å². The van der Waals surface area contributed by atoms with Crippen molar-refractivity contribution in [2.45, 2.75) is 18.7 Å². The first-order valence-corrected chi connectivity index (χ1v) is 12.7. The van der Waals surface area contributed by atoms with Gasteiger partial charge in [-0.15, -0.1) is 0 Å². The molecule has 4 nitrogen and oxygen atoms in total. The lowest BCUT2D eigenvalue weighted by atomic mass is 9.87. The summed E-state index contributed by atoms with van der Waals surface area (Å²) in [5.41, 5.74) is 5.42. The average molecular weight is 469 g/mol. The van der Waals surface area contributed by atoms with Gasteiger partial charge in [0.1, 0.15) is 0 Å². The fourth-order valence-electron chi connectivity index (χ4n) is 4.14. The van der Waals surface area contributed by atoms with E-state index in [1.165, 1.54) is 0 Å². The molecular formula is C29H24O4S. The maximum Gasteiger partial charge on any atom is 0.234 e. The van der Waals surface area contributed by atoms with Gasteiger partial charge in [0, 0.05) is 22.9 Å². The molecule has 5 heteroatoms. The number of aryl methyl sites for hydroxylation is 2. The molecule has 0 heterocycles. The van der Waals surface area contributed by atoms with Crippen LogP contribution in [0.2, 0.25) is 0 Å². The summed E-state index contributed by atoms with van der Waals surface area (Å²) in [6.07, 6.45) is 1.16. The Morgan fingerprint density at radius 2 is 1.26 bits per heavy atom. The molecule has 0 aromatic heterocycles. The van der Waals surface area contributed by atoms with E-state index in [-0.39, 0.29) is 4.90 Å². The van der Waals surface area contributed by atoms with E-state index in [4.69, 9.17) is 0 Å². The number of sulfone groups is 1. The Bertz CT molecular complexity index is 1480. The Morgan fingerprint density at radius 1 is 0.647 bits per heavy atom. The highest BCUT2D eigenvalue weighted by atomic mass is 32.2. The molecule has 0 aliphatic heterocycles. The van der Waals surface area contributed by atoms with Gasteiger partial charge in [0.25, 0.3) is 0 Å². The Kier molecular flexibility index (Phi) is 6.31. The predicted molar refractivity (Wildman–Crippen MR) is 135 cm³/mol. The lowest BCUT2D eigenvalue weighted by Crippen LogP contribution is -2.16. The number of ketones is 2. The molecule has 0 fully saturated rings. The largest absolute Gasteiger partial charge is 0.285 e. The van der Waals surface area contributed by atoms with Gasteiger partial charge in [0.15, 0.2) is 9.84 Å². The maximum atomic E-state index is 13.5. The maximum absolute atomic E-state index is 13.5. The molecular weight excluding hydrogens is 444 g/mol. The van der Waals surface area contributed by atoms with Crippen LogP contribution in [0.15, 0.2) is 95.9 Å². The minimum atomic E-state index is -3.33. The number of carbonyl (C=O) groups excluding carboxylic acids is 2. The highest BCUT2D eigenvalue weighted by Crippen LogP contribution is 2.36. The third kappa shape index (κ3) is 4.75. The molecule has 34 heavy (non-hydrogen) atoms. The van der Waals surface area contributed by atoms with E-state index >= 15 is 0 Å². The fraction of sp³-hybridized carbons (Fsp3) is 0.103. The zero-order chi connectivity index (χ0) is 24.5. The van der Waals surface area contributed by atoms with Crippen LogP contribution in [0.25, 0.3) is 22.3 Å². The van der Waals surface area contributed by atoms with Crippen LogP contribution in [-0.2, 0) is 9.84 Å². The summed E-state index contributed by atoms with van der Waals surface area (Å²) in [5, 5.41) is 0. The second-order valence-electron chi connectivity index (χ2n) is 8.43. The third-order valence-electron chi connectivity index (χ3n) is 5.66. The molecule has 170 valence electrons. The van der Waals surface area contributed by atoms with Crippen molar-refractivity contribution >= 4 is 21.4 Å². The monoisotopic (exact) mass is 468 g/mol. The van der Waals surface area contributed by atoms with Gasteiger partial charge in [0.2, 0.25) is 11.6 Å². The smallest absolute Gasteiger partial charge is 0.234 e. The summed E-state index contributed by atoms with van der Waals surface area (Å²) >= 11 is 0. The Hall–Kier alpha value is -3.83. The van der Waals surface area contributed by atoms with E-state index in [2.05, 4.69) is 0 Å². The van der Waals surface area contributed by atoms with Gasteiger partial charge in [-0.1, -0.05) is 77.9 Å². The Balaban J connectivity index is 1.89. The molecule has 0 bridgehead atoms. The average Bonchev–Trinajstić information content (AvgIpc) is 2.82. The minimum Gasteiger partial charge on any atom is -0.285 e. The third-order valence-corrected chi connectivity index (χ3v) is 6.78. The quantitative estimate of drug-likeness (QED) is 0.253. The van der Waals surface area contributed by atoms with E-state index in [0.717, 1.165) is 34.1 Å². The minimum absolute atomic E-state index is 0.217. The van der Waals surface area contributed by atoms with Crippen molar-refractivity contribution in [3.63, 3.8) is 0 Å². The fourth-order valence-corrected chi connectivity index (χ4v) is 4.77. The van der Waals surface area contributed by atoms with Gasteiger partial charge in [0.05, 0.1) is 4.90 Å². The first-order valence-electron chi connectivity index (χ1n) is 10.8. The van der Waals surface area contributed by atoms with E-state index in [9.17, 15) is 18.0 Å². The SMILES string of the molecule is Cc1cc(C)cc(C(=O)C(=O)c2cccc(-c3ccc(S(C)(=O)=O)cc3)c2-c2ccccc2)c1. The lowest BCUT2D eigenvalue weighted by Gasteiger charge is -2.15. The summed E-state index contributed by atoms with van der Waals surface area (Å²) in [6.45, 7) is 3.79. The van der Waals surface area contributed by atoms with Crippen LogP contribution in [0.1, 0.15) is 31.8 Å². The molecule has 0 unspecified atom stereocenters. The highest BCUT2D eigenvalue weighted by Gasteiger charge is 2.24. The van der Waals surface area contributed by atoms with E-state index in [1.54, 1.807) is 48.5 Å². The van der Waals surface area contributed by atoms with Crippen molar-refractivity contribution in [3.8, 4) is 22.3 Å². The van der Waals surface area contributed by atoms with Crippen LogP contribution < -0.4 is 0 Å². The molecule has 0 amide bonds. The Labute approximate surface area is 199 Å². The van der Waals surface area contributed by atoms with Crippen molar-refractivity contribution in [2.75, 3.05) is 6.26 Å². The second kappa shape index (κ2) is 9.20. The summed E-state index contributed by atoms with van der Waals surface area (Å²) in [7, 11) is -3.33. The second-order valence-corrected chi connectivity index (χ2v) is 10.4. The lowest BCUT2D eigenvalue weighted by molar-refractivity contribution is 0.0817. The molecule has 4 aromatic carbocycles. The van der Waals surface area contributed by atoms with Gasteiger partial charge in [-0.05, 0) is 54.8 Å². The molecule has 0 saturated carbocycles. The van der Waals surface area contributed by atoms with Crippen LogP contribution >= 0.6 is 0 Å². The topological polar surface area (TPSA) is 68.3 Å². The van der Waals surface area contributed by atoms with Crippen molar-refractivity contribution in [1.82, 2.24) is 0 Å². The van der Waals surface area contributed by atoms with Gasteiger partial charge in [-0.3, -0.25) is 9.59 Å². The molecule has 0 atom stereocenters. The summed E-state index contributed by atoms with van der Waals surface area (Å²) in [6, 6.07) is 26.6. The molecule has 4 rings (SSSR count). The van der Waals surface area contributed by atoms with Crippen LogP contribution in [-0.4, -0.2) is 26.2 Å². The normalized spacial score (nSPS) is 11.3. The van der Waals surface area contributed by atoms with Crippen molar-refractivity contribution in [1.29, 1.82) is 0 Å². The first-order chi connectivity index (χ1) is 16.1. The number of benzene rings is 4. The van der Waals surface area contributed by atoms with Crippen LogP contribution in [0.5, 0.6) is 0 Å². The number of rotatable bonds is 6. The zero-order valence-electron chi connectivity index (χ0n) is 19.2. The van der Waals surface area contributed by atoms with E-state index in [0.29, 0.717) is 16.7 Å². The van der Waals surface area contributed by atoms with Crippen molar-refractivity contribution in [2.24, 2.45) is 0 Å². The highest BCUT2D eigenvalue weighted by molar-refractivity contribution is 7.90. The summed E-state index contributed by atoms with van der Waals surface area (Å²) < 4.78 is 23.8. The molecule has 0 saturated heterocycles.